The van der Waals surface area contributed by atoms with E-state index in [1.54, 1.807) is 6.20 Å². The molecule has 10 heteroatoms. The third-order valence-corrected chi connectivity index (χ3v) is 9.98. The lowest BCUT2D eigenvalue weighted by Crippen LogP contribution is -2.45. The van der Waals surface area contributed by atoms with Gasteiger partial charge in [-0.3, -0.25) is 0 Å². The van der Waals surface area contributed by atoms with Crippen LogP contribution in [0.15, 0.2) is 69.3 Å². The van der Waals surface area contributed by atoms with Crippen molar-refractivity contribution in [2.75, 3.05) is 36.9 Å². The minimum absolute atomic E-state index is 0.0715. The van der Waals surface area contributed by atoms with Gasteiger partial charge in [-0.2, -0.15) is 0 Å². The van der Waals surface area contributed by atoms with E-state index in [2.05, 4.69) is 34.1 Å². The number of nitrogens with two attached hydrogens (primary N) is 2. The molecule has 1 aliphatic carbocycles. The van der Waals surface area contributed by atoms with Crippen molar-refractivity contribution in [2.45, 2.75) is 41.1 Å². The smallest absolute Gasteiger partial charge is 0.227 e. The average Bonchev–Trinajstić information content (AvgIpc) is 3.54. The van der Waals surface area contributed by atoms with E-state index in [9.17, 15) is 0 Å². The number of hydrogen-bond donors (Lipinski definition) is 2. The Labute approximate surface area is 236 Å². The fourth-order valence-electron chi connectivity index (χ4n) is 6.10. The fourth-order valence-corrected chi connectivity index (χ4v) is 7.27. The minimum Gasteiger partial charge on any atom is -0.444 e. The monoisotopic (exact) mass is 560 g/mol. The van der Waals surface area contributed by atoms with Crippen LogP contribution < -0.4 is 16.4 Å². The first-order valence-corrected chi connectivity index (χ1v) is 14.4. The van der Waals surface area contributed by atoms with E-state index in [1.165, 1.54) is 29.2 Å². The highest BCUT2D eigenvalue weighted by molar-refractivity contribution is 7.99. The quantitative estimate of drug-likeness (QED) is 0.327. The topological polar surface area (TPSA) is 116 Å². The number of piperidine rings is 1. The Bertz CT molecular complexity index is 1520. The summed E-state index contributed by atoms with van der Waals surface area (Å²) in [5.41, 5.74) is 17.8. The summed E-state index contributed by atoms with van der Waals surface area (Å²) in [5, 5.41) is 1.17. The lowest BCUT2D eigenvalue weighted by Gasteiger charge is -2.43. The van der Waals surface area contributed by atoms with E-state index in [0.717, 1.165) is 54.3 Å². The molecule has 0 unspecified atom stereocenters. The average molecular weight is 561 g/mol. The van der Waals surface area contributed by atoms with E-state index in [-0.39, 0.29) is 17.4 Å². The molecule has 4 aromatic rings. The molecule has 0 bridgehead atoms. The number of rotatable bonds is 5. The highest BCUT2D eigenvalue weighted by Crippen LogP contribution is 2.51. The summed E-state index contributed by atoms with van der Waals surface area (Å²) in [6.45, 7) is 3.00. The van der Waals surface area contributed by atoms with Crippen LogP contribution in [0.25, 0.3) is 11.5 Å². The summed E-state index contributed by atoms with van der Waals surface area (Å²) in [5.74, 6) is 1.91. The summed E-state index contributed by atoms with van der Waals surface area (Å²) in [4.78, 5) is 17.4. The Morgan fingerprint density at radius 3 is 2.59 bits per heavy atom. The van der Waals surface area contributed by atoms with Crippen LogP contribution >= 0.6 is 23.4 Å². The summed E-state index contributed by atoms with van der Waals surface area (Å²) >= 11 is 8.16. The van der Waals surface area contributed by atoms with Crippen LogP contribution in [0.4, 0.5) is 11.6 Å². The lowest BCUT2D eigenvalue weighted by atomic mass is 9.73. The van der Waals surface area contributed by atoms with Gasteiger partial charge in [0.05, 0.1) is 41.6 Å². The Morgan fingerprint density at radius 1 is 1.05 bits per heavy atom. The Balaban J connectivity index is 1.16. The molecule has 200 valence electrons. The summed E-state index contributed by atoms with van der Waals surface area (Å²) in [6.07, 6.45) is 6.18. The fraction of sp³-hybridized carbons (Fsp3) is 0.345. The number of aromatic nitrogens is 3. The van der Waals surface area contributed by atoms with E-state index in [0.29, 0.717) is 35.0 Å². The second-order valence-electron chi connectivity index (χ2n) is 10.6. The van der Waals surface area contributed by atoms with Gasteiger partial charge in [0.2, 0.25) is 5.89 Å². The van der Waals surface area contributed by atoms with Crippen molar-refractivity contribution in [3.63, 3.8) is 0 Å². The molecule has 0 amide bonds. The van der Waals surface area contributed by atoms with Crippen molar-refractivity contribution in [1.29, 1.82) is 0 Å². The maximum absolute atomic E-state index is 6.81. The molecular formula is C29H29ClN6O2S. The van der Waals surface area contributed by atoms with Gasteiger partial charge in [-0.05, 0) is 47.9 Å². The van der Waals surface area contributed by atoms with E-state index < -0.39 is 0 Å². The minimum atomic E-state index is 0.0715. The SMILES string of the molecule is Nc1nc(N2CCC3(CC2)Cc2ccccc2[C@H]3N)c(C2COC2)nc1Sc1cccc(-c2ncco2)c1Cl. The van der Waals surface area contributed by atoms with Gasteiger partial charge >= 0.3 is 0 Å². The lowest BCUT2D eigenvalue weighted by molar-refractivity contribution is 0.00650. The van der Waals surface area contributed by atoms with Gasteiger partial charge in [0.25, 0.3) is 0 Å². The molecule has 8 nitrogen and oxygen atoms in total. The van der Waals surface area contributed by atoms with Crippen molar-refractivity contribution in [3.8, 4) is 11.5 Å². The molecule has 7 rings (SSSR count). The van der Waals surface area contributed by atoms with Crippen molar-refractivity contribution in [1.82, 2.24) is 15.0 Å². The maximum Gasteiger partial charge on any atom is 0.227 e. The number of nitrogen functional groups attached to an aromatic ring is 1. The number of ether oxygens (including phenoxy) is 1. The number of oxazole rings is 1. The second-order valence-corrected chi connectivity index (χ2v) is 12.0. The third kappa shape index (κ3) is 4.28. The van der Waals surface area contributed by atoms with Gasteiger partial charge in [-0.15, -0.1) is 0 Å². The second kappa shape index (κ2) is 9.82. The highest BCUT2D eigenvalue weighted by atomic mass is 35.5. The zero-order valence-electron chi connectivity index (χ0n) is 21.3. The maximum atomic E-state index is 6.81. The van der Waals surface area contributed by atoms with Crippen LogP contribution in [0.1, 0.15) is 41.6 Å². The predicted octanol–water partition coefficient (Wildman–Crippen LogP) is 5.47. The van der Waals surface area contributed by atoms with Crippen LogP contribution in [-0.2, 0) is 11.2 Å². The number of halogens is 1. The molecule has 2 aromatic heterocycles. The number of hydrogen-bond acceptors (Lipinski definition) is 9. The van der Waals surface area contributed by atoms with Gasteiger partial charge < -0.3 is 25.5 Å². The van der Waals surface area contributed by atoms with Gasteiger partial charge in [0.15, 0.2) is 11.6 Å². The first kappa shape index (κ1) is 24.9. The molecule has 2 aliphatic heterocycles. The van der Waals surface area contributed by atoms with Crippen molar-refractivity contribution in [2.24, 2.45) is 11.1 Å². The molecule has 3 aliphatic rings. The van der Waals surface area contributed by atoms with Gasteiger partial charge in [0.1, 0.15) is 11.3 Å². The Hall–Kier alpha value is -3.11. The summed E-state index contributed by atoms with van der Waals surface area (Å²) in [6, 6.07) is 14.4. The summed E-state index contributed by atoms with van der Waals surface area (Å²) in [7, 11) is 0. The number of fused-ring (bicyclic) bond motifs is 1. The molecule has 2 aromatic carbocycles. The van der Waals surface area contributed by atoms with Crippen molar-refractivity contribution < 1.29 is 9.15 Å². The number of nitrogens with zero attached hydrogens (tertiary/aromatic N) is 4. The van der Waals surface area contributed by atoms with Gasteiger partial charge in [-0.25, -0.2) is 15.0 Å². The molecule has 2 saturated heterocycles. The number of anilines is 2. The normalized spacial score (nSPS) is 20.3. The third-order valence-electron chi connectivity index (χ3n) is 8.41. The number of benzene rings is 2. The largest absolute Gasteiger partial charge is 0.444 e. The van der Waals surface area contributed by atoms with Crippen LogP contribution in [0.5, 0.6) is 0 Å². The summed E-state index contributed by atoms with van der Waals surface area (Å²) < 4.78 is 11.0. The van der Waals surface area contributed by atoms with Gasteiger partial charge in [0, 0.05) is 24.0 Å². The van der Waals surface area contributed by atoms with Crippen molar-refractivity contribution in [3.05, 3.63) is 76.8 Å². The molecule has 4 heterocycles. The zero-order valence-corrected chi connectivity index (χ0v) is 22.9. The van der Waals surface area contributed by atoms with E-state index >= 15 is 0 Å². The molecule has 39 heavy (non-hydrogen) atoms. The predicted molar refractivity (Wildman–Crippen MR) is 152 cm³/mol. The molecule has 1 spiro atoms. The van der Waals surface area contributed by atoms with Crippen LogP contribution in [-0.4, -0.2) is 41.3 Å². The van der Waals surface area contributed by atoms with E-state index in [1.807, 2.05) is 18.2 Å². The Kier molecular flexibility index (Phi) is 6.27. The van der Waals surface area contributed by atoms with Crippen LogP contribution in [0.2, 0.25) is 5.02 Å². The van der Waals surface area contributed by atoms with Crippen molar-refractivity contribution >= 4 is 35.0 Å². The van der Waals surface area contributed by atoms with Crippen LogP contribution in [0, 0.1) is 5.41 Å². The molecule has 4 N–H and O–H groups in total. The zero-order chi connectivity index (χ0) is 26.6. The first-order chi connectivity index (χ1) is 19.0. The molecule has 0 radical (unpaired) electrons. The molecule has 0 saturated carbocycles. The molecule has 1 atom stereocenters. The first-order valence-electron chi connectivity index (χ1n) is 13.2. The van der Waals surface area contributed by atoms with Crippen LogP contribution in [0.3, 0.4) is 0 Å². The standard InChI is InChI=1S/C29H29ClN6O2S/c30-22-20(27-33-10-13-38-27)6-3-7-21(22)39-28-25(32)35-26(23(34-28)18-15-37-16-18)36-11-8-29(9-12-36)14-17-4-1-2-5-19(17)24(29)31/h1-7,10,13,18,24H,8-9,11-12,14-16,31H2,(H2,32,35)/t24-/m1/s1. The highest BCUT2D eigenvalue weighted by Gasteiger charge is 2.46. The molecular weight excluding hydrogens is 532 g/mol. The molecule has 2 fully saturated rings. The Morgan fingerprint density at radius 2 is 1.87 bits per heavy atom. The van der Waals surface area contributed by atoms with E-state index in [4.69, 9.17) is 42.2 Å². The van der Waals surface area contributed by atoms with Gasteiger partial charge in [-0.1, -0.05) is 53.7 Å².